The molecule has 0 amide bonds. The Hall–Kier alpha value is -1.94. The Morgan fingerprint density at radius 3 is 2.29 bits per heavy atom. The Morgan fingerprint density at radius 1 is 1.00 bits per heavy atom. The topological polar surface area (TPSA) is 32.3 Å². The van der Waals surface area contributed by atoms with E-state index in [1.807, 2.05) is 37.6 Å². The Bertz CT molecular complexity index is 561. The second kappa shape index (κ2) is 6.22. The third kappa shape index (κ3) is 3.79. The van der Waals surface area contributed by atoms with Gasteiger partial charge in [-0.05, 0) is 42.2 Å². The molecule has 0 unspecified atom stereocenters. The highest BCUT2D eigenvalue weighted by Gasteiger charge is 2.28. The molecule has 2 aromatic heterocycles. The quantitative estimate of drug-likeness (QED) is 0.815. The summed E-state index contributed by atoms with van der Waals surface area (Å²) in [5.41, 5.74) is 2.61. The molecule has 0 spiro atoms. The molecule has 2 aromatic rings. The van der Waals surface area contributed by atoms with E-state index in [2.05, 4.69) is 39.1 Å². The Morgan fingerprint density at radius 2 is 1.71 bits per heavy atom. The molecule has 0 aliphatic heterocycles. The van der Waals surface area contributed by atoms with Crippen LogP contribution >= 0.6 is 0 Å². The number of anilines is 1. The van der Waals surface area contributed by atoms with Crippen molar-refractivity contribution in [1.29, 1.82) is 0 Å². The Kier molecular flexibility index (Phi) is 4.15. The van der Waals surface area contributed by atoms with Gasteiger partial charge in [0.2, 0.25) is 0 Å². The van der Waals surface area contributed by atoms with E-state index in [0.29, 0.717) is 0 Å². The van der Waals surface area contributed by atoms with Crippen molar-refractivity contribution in [2.45, 2.75) is 32.0 Å². The fourth-order valence-corrected chi connectivity index (χ4v) is 2.49. The Balaban J connectivity index is 1.67. The van der Waals surface area contributed by atoms with Crippen LogP contribution in [0, 0.1) is 0 Å². The van der Waals surface area contributed by atoms with E-state index in [1.54, 1.807) is 0 Å². The summed E-state index contributed by atoms with van der Waals surface area (Å²) in [6.07, 6.45) is 8.36. The minimum absolute atomic E-state index is 0.728. The summed E-state index contributed by atoms with van der Waals surface area (Å²) in [5.74, 6) is 1.01. The van der Waals surface area contributed by atoms with E-state index >= 15 is 0 Å². The fourth-order valence-electron chi connectivity index (χ4n) is 2.49. The largest absolute Gasteiger partial charge is 0.363 e. The third-order valence-corrected chi connectivity index (χ3v) is 3.85. The molecule has 0 atom stereocenters. The number of rotatable bonds is 6. The average molecular weight is 282 g/mol. The van der Waals surface area contributed by atoms with E-state index in [9.17, 15) is 0 Å². The molecule has 1 fully saturated rings. The number of aromatic nitrogens is 2. The van der Waals surface area contributed by atoms with Crippen molar-refractivity contribution in [1.82, 2.24) is 14.9 Å². The van der Waals surface area contributed by atoms with Gasteiger partial charge in [0.05, 0.1) is 0 Å². The van der Waals surface area contributed by atoms with Gasteiger partial charge < -0.3 is 4.90 Å². The molecule has 3 rings (SSSR count). The van der Waals surface area contributed by atoms with E-state index < -0.39 is 0 Å². The van der Waals surface area contributed by atoms with Gasteiger partial charge in [-0.2, -0.15) is 0 Å². The van der Waals surface area contributed by atoms with Crippen LogP contribution in [0.4, 0.5) is 5.82 Å². The molecule has 0 saturated heterocycles. The van der Waals surface area contributed by atoms with Gasteiger partial charge in [-0.15, -0.1) is 0 Å². The lowest BCUT2D eigenvalue weighted by Crippen LogP contribution is -2.25. The van der Waals surface area contributed by atoms with E-state index in [4.69, 9.17) is 0 Å². The van der Waals surface area contributed by atoms with Gasteiger partial charge in [0.1, 0.15) is 5.82 Å². The monoisotopic (exact) mass is 282 g/mol. The molecule has 110 valence electrons. The maximum absolute atomic E-state index is 4.51. The number of pyridine rings is 2. The molecule has 4 nitrogen and oxygen atoms in total. The summed E-state index contributed by atoms with van der Waals surface area (Å²) in [5, 5.41) is 0. The van der Waals surface area contributed by atoms with E-state index in [1.165, 1.54) is 24.0 Å². The zero-order valence-corrected chi connectivity index (χ0v) is 12.7. The van der Waals surface area contributed by atoms with Gasteiger partial charge in [0.15, 0.2) is 0 Å². The van der Waals surface area contributed by atoms with Crippen LogP contribution in [0.25, 0.3) is 0 Å². The third-order valence-electron chi connectivity index (χ3n) is 3.85. The van der Waals surface area contributed by atoms with Crippen molar-refractivity contribution < 1.29 is 0 Å². The highest BCUT2D eigenvalue weighted by molar-refractivity contribution is 5.37. The van der Waals surface area contributed by atoms with Gasteiger partial charge in [0.25, 0.3) is 0 Å². The number of hydrogen-bond acceptors (Lipinski definition) is 4. The first-order valence-corrected chi connectivity index (χ1v) is 7.47. The maximum Gasteiger partial charge on any atom is 0.127 e. The van der Waals surface area contributed by atoms with Crippen molar-refractivity contribution >= 4 is 5.82 Å². The second-order valence-corrected chi connectivity index (χ2v) is 5.91. The highest BCUT2D eigenvalue weighted by atomic mass is 15.2. The van der Waals surface area contributed by atoms with Crippen LogP contribution in [0.2, 0.25) is 0 Å². The molecular weight excluding hydrogens is 260 g/mol. The summed E-state index contributed by atoms with van der Waals surface area (Å²) in [4.78, 5) is 13.2. The summed E-state index contributed by atoms with van der Waals surface area (Å²) in [6, 6.07) is 9.20. The Labute approximate surface area is 126 Å². The van der Waals surface area contributed by atoms with Crippen molar-refractivity contribution in [2.75, 3.05) is 19.0 Å². The molecule has 0 N–H and O–H groups in total. The minimum atomic E-state index is 0.728. The molecule has 2 heterocycles. The normalized spacial score (nSPS) is 14.4. The van der Waals surface area contributed by atoms with Crippen LogP contribution in [0.5, 0.6) is 0 Å². The first-order chi connectivity index (χ1) is 10.2. The number of hydrogen-bond donors (Lipinski definition) is 0. The van der Waals surface area contributed by atoms with Crippen LogP contribution in [0.1, 0.15) is 24.0 Å². The average Bonchev–Trinajstić information content (AvgIpc) is 3.33. The van der Waals surface area contributed by atoms with Crippen molar-refractivity contribution in [2.24, 2.45) is 0 Å². The molecular formula is C17H22N4. The molecule has 0 bridgehead atoms. The lowest BCUT2D eigenvalue weighted by atomic mass is 10.2. The van der Waals surface area contributed by atoms with E-state index in [0.717, 1.165) is 24.9 Å². The van der Waals surface area contributed by atoms with Crippen LogP contribution in [0.15, 0.2) is 42.9 Å². The van der Waals surface area contributed by atoms with Gasteiger partial charge in [0, 0.05) is 51.8 Å². The molecule has 1 aliphatic rings. The number of nitrogens with zero attached hydrogens (tertiary/aromatic N) is 4. The summed E-state index contributed by atoms with van der Waals surface area (Å²) < 4.78 is 0. The van der Waals surface area contributed by atoms with Crippen LogP contribution in [-0.2, 0) is 13.1 Å². The summed E-state index contributed by atoms with van der Waals surface area (Å²) in [7, 11) is 4.03. The molecule has 1 saturated carbocycles. The SMILES string of the molecule is CN(C)c1ccc(CN(Cc2ccncc2)C2CC2)cn1. The highest BCUT2D eigenvalue weighted by Crippen LogP contribution is 2.29. The van der Waals surface area contributed by atoms with Crippen molar-refractivity contribution in [3.05, 3.63) is 54.0 Å². The minimum Gasteiger partial charge on any atom is -0.363 e. The van der Waals surface area contributed by atoms with Crippen molar-refractivity contribution in [3.63, 3.8) is 0 Å². The molecule has 1 aliphatic carbocycles. The van der Waals surface area contributed by atoms with Crippen molar-refractivity contribution in [3.8, 4) is 0 Å². The van der Waals surface area contributed by atoms with Crippen LogP contribution in [-0.4, -0.2) is 35.0 Å². The predicted octanol–water partition coefficient (Wildman–Crippen LogP) is 2.71. The standard InChI is InChI=1S/C17H22N4/c1-20(2)17-6-3-15(11-19-17)13-21(16-4-5-16)12-14-7-9-18-10-8-14/h3,6-11,16H,4-5,12-13H2,1-2H3. The summed E-state index contributed by atoms with van der Waals surface area (Å²) >= 11 is 0. The van der Waals surface area contributed by atoms with Gasteiger partial charge in [-0.3, -0.25) is 9.88 Å². The summed E-state index contributed by atoms with van der Waals surface area (Å²) in [6.45, 7) is 1.95. The molecule has 0 radical (unpaired) electrons. The van der Waals surface area contributed by atoms with E-state index in [-0.39, 0.29) is 0 Å². The lowest BCUT2D eigenvalue weighted by Gasteiger charge is -2.22. The predicted molar refractivity (Wildman–Crippen MR) is 85.1 cm³/mol. The molecule has 21 heavy (non-hydrogen) atoms. The molecule has 0 aromatic carbocycles. The smallest absolute Gasteiger partial charge is 0.127 e. The van der Waals surface area contributed by atoms with Gasteiger partial charge in [-0.25, -0.2) is 4.98 Å². The van der Waals surface area contributed by atoms with Crippen LogP contribution < -0.4 is 4.90 Å². The molecule has 4 heteroatoms. The second-order valence-electron chi connectivity index (χ2n) is 5.91. The zero-order chi connectivity index (χ0) is 14.7. The van der Waals surface area contributed by atoms with Gasteiger partial charge >= 0.3 is 0 Å². The lowest BCUT2D eigenvalue weighted by molar-refractivity contribution is 0.245. The maximum atomic E-state index is 4.51. The van der Waals surface area contributed by atoms with Gasteiger partial charge in [-0.1, -0.05) is 6.07 Å². The first kappa shape index (κ1) is 14.0. The van der Waals surface area contributed by atoms with Crippen LogP contribution in [0.3, 0.4) is 0 Å². The zero-order valence-electron chi connectivity index (χ0n) is 12.7. The fraction of sp³-hybridized carbons (Fsp3) is 0.412. The first-order valence-electron chi connectivity index (χ1n) is 7.47.